The number of hydrogen-bond acceptors (Lipinski definition) is 1. The zero-order valence-corrected chi connectivity index (χ0v) is 8.30. The lowest BCUT2D eigenvalue weighted by molar-refractivity contribution is 0.311. The molecule has 11 heavy (non-hydrogen) atoms. The summed E-state index contributed by atoms with van der Waals surface area (Å²) in [6.45, 7) is 8.71. The van der Waals surface area contributed by atoms with E-state index in [2.05, 4.69) is 32.7 Å². The fraction of sp³-hybridized carbons (Fsp3) is 1.00. The van der Waals surface area contributed by atoms with Crippen LogP contribution >= 0.6 is 0 Å². The van der Waals surface area contributed by atoms with Gasteiger partial charge in [0.15, 0.2) is 0 Å². The molecule has 0 amide bonds. The smallest absolute Gasteiger partial charge is 0.0720 e. The molecule has 2 heteroatoms. The van der Waals surface area contributed by atoms with Crippen molar-refractivity contribution in [2.45, 2.75) is 33.0 Å². The maximum Gasteiger partial charge on any atom is 0.0720 e. The van der Waals surface area contributed by atoms with Gasteiger partial charge < -0.3 is 4.90 Å². The van der Waals surface area contributed by atoms with Gasteiger partial charge in [-0.15, -0.1) is 0 Å². The van der Waals surface area contributed by atoms with Gasteiger partial charge in [-0.25, -0.2) is 0 Å². The van der Waals surface area contributed by atoms with Crippen LogP contribution in [0, 0.1) is 5.92 Å². The van der Waals surface area contributed by atoms with E-state index < -0.39 is 0 Å². The Morgan fingerprint density at radius 1 is 1.36 bits per heavy atom. The molecule has 0 bridgehead atoms. The highest BCUT2D eigenvalue weighted by Gasteiger charge is 2.08. The maximum absolute atomic E-state index is 5.91. The average molecular weight is 153 g/mol. The Hall–Kier alpha value is 0.0249. The Morgan fingerprint density at radius 2 is 1.91 bits per heavy atom. The van der Waals surface area contributed by atoms with Crippen molar-refractivity contribution >= 4 is 7.85 Å². The number of nitrogens with zero attached hydrogens (tertiary/aromatic N) is 1. The second-order valence-corrected chi connectivity index (χ2v) is 3.67. The Bertz CT molecular complexity index is 93.6. The molecule has 0 saturated heterocycles. The van der Waals surface area contributed by atoms with Crippen molar-refractivity contribution < 1.29 is 0 Å². The van der Waals surface area contributed by atoms with E-state index in [1.165, 1.54) is 6.42 Å². The summed E-state index contributed by atoms with van der Waals surface area (Å²) >= 11 is 0. The summed E-state index contributed by atoms with van der Waals surface area (Å²) in [5.74, 6) is 0.917. The van der Waals surface area contributed by atoms with Crippen LogP contribution < -0.4 is 0 Å². The summed E-state index contributed by atoms with van der Waals surface area (Å²) in [4.78, 5) is 2.30. The van der Waals surface area contributed by atoms with Crippen molar-refractivity contribution in [1.29, 1.82) is 0 Å². The minimum Gasteiger partial charge on any atom is -0.307 e. The summed E-state index contributed by atoms with van der Waals surface area (Å²) in [5.41, 5.74) is 0. The Kier molecular flexibility index (Phi) is 5.66. The van der Waals surface area contributed by atoms with Gasteiger partial charge in [0.1, 0.15) is 0 Å². The van der Waals surface area contributed by atoms with Crippen LogP contribution in [0.3, 0.4) is 0 Å². The van der Waals surface area contributed by atoms with E-state index >= 15 is 0 Å². The highest BCUT2D eigenvalue weighted by atomic mass is 15.1. The van der Waals surface area contributed by atoms with Gasteiger partial charge in [-0.05, 0) is 26.6 Å². The van der Waals surface area contributed by atoms with Gasteiger partial charge in [0, 0.05) is 0 Å². The largest absolute Gasteiger partial charge is 0.307 e. The molecular formula is C9H20BN. The molecule has 64 valence electrons. The zero-order valence-electron chi connectivity index (χ0n) is 8.30. The summed E-state index contributed by atoms with van der Waals surface area (Å²) in [5, 5.41) is 0. The lowest BCUT2D eigenvalue weighted by Crippen LogP contribution is -2.25. The van der Waals surface area contributed by atoms with Crippen LogP contribution in [-0.2, 0) is 0 Å². The minimum absolute atomic E-state index is 0.326. The molecular weight excluding hydrogens is 133 g/mol. The molecule has 1 atom stereocenters. The first kappa shape index (κ1) is 11.0. The van der Waals surface area contributed by atoms with Crippen molar-refractivity contribution in [1.82, 2.24) is 4.90 Å². The number of hydrogen-bond donors (Lipinski definition) is 0. The van der Waals surface area contributed by atoms with E-state index in [4.69, 9.17) is 7.85 Å². The molecule has 0 spiro atoms. The fourth-order valence-electron chi connectivity index (χ4n) is 1.04. The average Bonchev–Trinajstić information content (AvgIpc) is 1.87. The molecule has 0 aliphatic rings. The standard InChI is InChI=1S/C9H20BN/c1-5-6-11(4)7-9(10)8(2)3/h8-9H,5-7H2,1-4H3/t9-/m1/s1. The van der Waals surface area contributed by atoms with Gasteiger partial charge in [-0.3, -0.25) is 0 Å². The molecule has 1 nitrogen and oxygen atoms in total. The maximum atomic E-state index is 5.91. The minimum atomic E-state index is 0.326. The lowest BCUT2D eigenvalue weighted by Gasteiger charge is -2.23. The molecule has 0 unspecified atom stereocenters. The molecule has 0 aromatic heterocycles. The van der Waals surface area contributed by atoms with Crippen LogP contribution in [0.2, 0.25) is 5.82 Å². The van der Waals surface area contributed by atoms with E-state index in [-0.39, 0.29) is 0 Å². The molecule has 0 heterocycles. The third kappa shape index (κ3) is 5.31. The lowest BCUT2D eigenvalue weighted by atomic mass is 9.78. The Balaban J connectivity index is 3.48. The summed E-state index contributed by atoms with van der Waals surface area (Å²) in [7, 11) is 8.04. The highest BCUT2D eigenvalue weighted by molar-refractivity contribution is 6.11. The SMILES string of the molecule is [B][C@H](CN(C)CCC)C(C)C. The van der Waals surface area contributed by atoms with Crippen LogP contribution in [0.4, 0.5) is 0 Å². The van der Waals surface area contributed by atoms with Gasteiger partial charge in [0.25, 0.3) is 0 Å². The van der Waals surface area contributed by atoms with E-state index in [1.807, 2.05) is 0 Å². The van der Waals surface area contributed by atoms with Crippen LogP contribution in [0.25, 0.3) is 0 Å². The van der Waals surface area contributed by atoms with Gasteiger partial charge in [-0.2, -0.15) is 0 Å². The van der Waals surface area contributed by atoms with Gasteiger partial charge in [0.2, 0.25) is 0 Å². The quantitative estimate of drug-likeness (QED) is 0.545. The van der Waals surface area contributed by atoms with Crippen LogP contribution in [0.5, 0.6) is 0 Å². The predicted octanol–water partition coefficient (Wildman–Crippen LogP) is 1.94. The van der Waals surface area contributed by atoms with Gasteiger partial charge in [-0.1, -0.05) is 32.5 Å². The molecule has 0 fully saturated rings. The third-order valence-electron chi connectivity index (χ3n) is 1.98. The monoisotopic (exact) mass is 153 g/mol. The first-order valence-corrected chi connectivity index (χ1v) is 4.52. The molecule has 0 aromatic rings. The Morgan fingerprint density at radius 3 is 2.27 bits per heavy atom. The summed E-state index contributed by atoms with van der Waals surface area (Å²) < 4.78 is 0. The molecule has 0 saturated carbocycles. The molecule has 0 rings (SSSR count). The topological polar surface area (TPSA) is 3.24 Å². The molecule has 0 aliphatic heterocycles. The number of rotatable bonds is 5. The second kappa shape index (κ2) is 5.65. The van der Waals surface area contributed by atoms with E-state index in [0.29, 0.717) is 11.7 Å². The summed E-state index contributed by atoms with van der Waals surface area (Å²) in [6.07, 6.45) is 1.21. The van der Waals surface area contributed by atoms with E-state index in [1.54, 1.807) is 0 Å². The first-order valence-electron chi connectivity index (χ1n) is 4.52. The van der Waals surface area contributed by atoms with Gasteiger partial charge >= 0.3 is 0 Å². The zero-order chi connectivity index (χ0) is 8.85. The molecule has 2 radical (unpaired) electrons. The van der Waals surface area contributed by atoms with E-state index in [9.17, 15) is 0 Å². The van der Waals surface area contributed by atoms with Gasteiger partial charge in [0.05, 0.1) is 7.85 Å². The normalized spacial score (nSPS) is 14.4. The second-order valence-electron chi connectivity index (χ2n) is 3.67. The van der Waals surface area contributed by atoms with Crippen molar-refractivity contribution in [3.05, 3.63) is 0 Å². The van der Waals surface area contributed by atoms with Crippen molar-refractivity contribution in [2.75, 3.05) is 20.1 Å². The fourth-order valence-corrected chi connectivity index (χ4v) is 1.04. The first-order chi connectivity index (χ1) is 5.07. The van der Waals surface area contributed by atoms with Crippen molar-refractivity contribution in [3.8, 4) is 0 Å². The van der Waals surface area contributed by atoms with Crippen LogP contribution in [0.1, 0.15) is 27.2 Å². The van der Waals surface area contributed by atoms with E-state index in [0.717, 1.165) is 13.1 Å². The van der Waals surface area contributed by atoms with Crippen molar-refractivity contribution in [2.24, 2.45) is 5.92 Å². The molecule has 0 aliphatic carbocycles. The Labute approximate surface area is 72.6 Å². The summed E-state index contributed by atoms with van der Waals surface area (Å²) in [6, 6.07) is 0. The molecule has 0 N–H and O–H groups in total. The predicted molar refractivity (Wildman–Crippen MR) is 52.1 cm³/mol. The van der Waals surface area contributed by atoms with Crippen molar-refractivity contribution in [3.63, 3.8) is 0 Å². The highest BCUT2D eigenvalue weighted by Crippen LogP contribution is 2.13. The third-order valence-corrected chi connectivity index (χ3v) is 1.98. The molecule has 0 aromatic carbocycles. The van der Waals surface area contributed by atoms with Crippen LogP contribution in [0.15, 0.2) is 0 Å². The van der Waals surface area contributed by atoms with Crippen LogP contribution in [-0.4, -0.2) is 32.9 Å².